The zero-order valence-electron chi connectivity index (χ0n) is 19.8. The molecule has 1 aromatic carbocycles. The molecule has 5 rings (SSSR count). The Kier molecular flexibility index (Phi) is 6.85. The second-order valence-electron chi connectivity index (χ2n) is 9.23. The molecule has 0 atom stereocenters. The number of piperidine rings is 2. The predicted molar refractivity (Wildman–Crippen MR) is 132 cm³/mol. The minimum Gasteiger partial charge on any atom is -0.461 e. The van der Waals surface area contributed by atoms with Gasteiger partial charge < -0.3 is 9.64 Å². The van der Waals surface area contributed by atoms with Gasteiger partial charge in [0.15, 0.2) is 0 Å². The quantitative estimate of drug-likeness (QED) is 0.559. The standard InChI is InChI=1S/C26H32N6O2/c1-30-25(33)17-24(23-8-11-27-19-28-23)29-26(30)34-22-9-14-32(15-10-22)21-7-5-6-20(16-21)18-31-12-3-2-4-13-31/h5-8,11,16-17,19,22H,2-4,9-10,12-15,18H2,1H3. The van der Waals surface area contributed by atoms with Crippen LogP contribution in [-0.2, 0) is 13.6 Å². The zero-order chi connectivity index (χ0) is 23.3. The molecule has 0 aliphatic carbocycles. The van der Waals surface area contributed by atoms with Gasteiger partial charge in [-0.1, -0.05) is 18.6 Å². The number of anilines is 1. The fraction of sp³-hybridized carbons (Fsp3) is 0.462. The van der Waals surface area contributed by atoms with E-state index in [1.807, 2.05) is 0 Å². The van der Waals surface area contributed by atoms with Gasteiger partial charge in [0, 0.05) is 57.5 Å². The van der Waals surface area contributed by atoms with Crippen LogP contribution in [0.2, 0.25) is 0 Å². The van der Waals surface area contributed by atoms with Crippen molar-refractivity contribution in [2.75, 3.05) is 31.1 Å². The van der Waals surface area contributed by atoms with Crippen molar-refractivity contribution in [2.24, 2.45) is 7.05 Å². The number of benzene rings is 1. The molecule has 0 spiro atoms. The summed E-state index contributed by atoms with van der Waals surface area (Å²) in [7, 11) is 1.69. The molecule has 2 saturated heterocycles. The van der Waals surface area contributed by atoms with Crippen LogP contribution in [0.4, 0.5) is 5.69 Å². The summed E-state index contributed by atoms with van der Waals surface area (Å²) >= 11 is 0. The summed E-state index contributed by atoms with van der Waals surface area (Å²) in [6, 6.07) is 12.5. The van der Waals surface area contributed by atoms with Crippen LogP contribution in [0, 0.1) is 0 Å². The molecule has 8 nitrogen and oxygen atoms in total. The molecule has 3 aromatic rings. The molecule has 178 valence electrons. The van der Waals surface area contributed by atoms with Crippen LogP contribution in [0.1, 0.15) is 37.7 Å². The molecule has 0 saturated carbocycles. The summed E-state index contributed by atoms with van der Waals surface area (Å²) in [4.78, 5) is 30.2. The number of ether oxygens (including phenoxy) is 1. The molecule has 8 heteroatoms. The maximum Gasteiger partial charge on any atom is 0.299 e. The second kappa shape index (κ2) is 10.3. The van der Waals surface area contributed by atoms with Crippen molar-refractivity contribution in [2.45, 2.75) is 44.8 Å². The highest BCUT2D eigenvalue weighted by Gasteiger charge is 2.23. The first-order valence-electron chi connectivity index (χ1n) is 12.2. The number of likely N-dealkylation sites (tertiary alicyclic amines) is 1. The van der Waals surface area contributed by atoms with Crippen molar-refractivity contribution in [3.63, 3.8) is 0 Å². The van der Waals surface area contributed by atoms with E-state index in [2.05, 4.69) is 49.0 Å². The van der Waals surface area contributed by atoms with Crippen LogP contribution >= 0.6 is 0 Å². The van der Waals surface area contributed by atoms with Gasteiger partial charge in [0.05, 0.1) is 11.4 Å². The Labute approximate surface area is 200 Å². The summed E-state index contributed by atoms with van der Waals surface area (Å²) in [5.74, 6) is 0. The zero-order valence-corrected chi connectivity index (χ0v) is 19.8. The lowest BCUT2D eigenvalue weighted by Gasteiger charge is -2.34. The van der Waals surface area contributed by atoms with Crippen molar-refractivity contribution < 1.29 is 4.74 Å². The summed E-state index contributed by atoms with van der Waals surface area (Å²) in [6.45, 7) is 5.29. The van der Waals surface area contributed by atoms with E-state index in [1.165, 1.54) is 60.6 Å². The van der Waals surface area contributed by atoms with Crippen molar-refractivity contribution in [1.82, 2.24) is 24.4 Å². The number of aromatic nitrogens is 4. The molecule has 2 aliphatic rings. The molecule has 2 aromatic heterocycles. The molecule has 2 aliphatic heterocycles. The van der Waals surface area contributed by atoms with Gasteiger partial charge in [0.2, 0.25) is 0 Å². The van der Waals surface area contributed by atoms with E-state index in [-0.39, 0.29) is 11.7 Å². The van der Waals surface area contributed by atoms with Crippen LogP contribution in [0.3, 0.4) is 0 Å². The first-order chi connectivity index (χ1) is 16.7. The van der Waals surface area contributed by atoms with Crippen molar-refractivity contribution >= 4 is 5.69 Å². The van der Waals surface area contributed by atoms with Crippen LogP contribution in [-0.4, -0.2) is 56.7 Å². The lowest BCUT2D eigenvalue weighted by atomic mass is 10.1. The Bertz CT molecular complexity index is 1150. The molecule has 34 heavy (non-hydrogen) atoms. The maximum absolute atomic E-state index is 12.5. The summed E-state index contributed by atoms with van der Waals surface area (Å²) in [5, 5.41) is 0. The Morgan fingerprint density at radius 1 is 1.00 bits per heavy atom. The van der Waals surface area contributed by atoms with Gasteiger partial charge in [0.1, 0.15) is 12.4 Å². The lowest BCUT2D eigenvalue weighted by Crippen LogP contribution is -2.39. The van der Waals surface area contributed by atoms with Gasteiger partial charge in [-0.25, -0.2) is 9.97 Å². The molecule has 4 heterocycles. The van der Waals surface area contributed by atoms with Gasteiger partial charge >= 0.3 is 0 Å². The van der Waals surface area contributed by atoms with Gasteiger partial charge in [0.25, 0.3) is 11.6 Å². The Hall–Kier alpha value is -3.26. The van der Waals surface area contributed by atoms with Gasteiger partial charge in [-0.2, -0.15) is 4.98 Å². The van der Waals surface area contributed by atoms with E-state index in [4.69, 9.17) is 4.74 Å². The van der Waals surface area contributed by atoms with Crippen LogP contribution in [0.5, 0.6) is 6.01 Å². The Morgan fingerprint density at radius 2 is 1.82 bits per heavy atom. The van der Waals surface area contributed by atoms with E-state index in [0.717, 1.165) is 32.5 Å². The number of hydrogen-bond acceptors (Lipinski definition) is 7. The summed E-state index contributed by atoms with van der Waals surface area (Å²) in [6.07, 6.45) is 8.86. The highest BCUT2D eigenvalue weighted by Crippen LogP contribution is 2.25. The van der Waals surface area contributed by atoms with Crippen molar-refractivity contribution in [3.05, 3.63) is 64.8 Å². The number of nitrogens with zero attached hydrogens (tertiary/aromatic N) is 6. The minimum absolute atomic E-state index is 0.0199. The topological polar surface area (TPSA) is 76.4 Å². The van der Waals surface area contributed by atoms with E-state index in [1.54, 1.807) is 19.3 Å². The number of hydrogen-bond donors (Lipinski definition) is 0. The van der Waals surface area contributed by atoms with E-state index >= 15 is 0 Å². The second-order valence-corrected chi connectivity index (χ2v) is 9.23. The lowest BCUT2D eigenvalue weighted by molar-refractivity contribution is 0.149. The third-order valence-corrected chi connectivity index (χ3v) is 6.78. The van der Waals surface area contributed by atoms with Crippen LogP contribution in [0.25, 0.3) is 11.4 Å². The van der Waals surface area contributed by atoms with Gasteiger partial charge in [-0.3, -0.25) is 14.3 Å². The van der Waals surface area contributed by atoms with Gasteiger partial charge in [-0.15, -0.1) is 0 Å². The third-order valence-electron chi connectivity index (χ3n) is 6.78. The van der Waals surface area contributed by atoms with Crippen LogP contribution < -0.4 is 15.2 Å². The Balaban J connectivity index is 1.22. The van der Waals surface area contributed by atoms with Crippen LogP contribution in [0.15, 0.2) is 53.7 Å². The first-order valence-corrected chi connectivity index (χ1v) is 12.2. The van der Waals surface area contributed by atoms with E-state index in [0.29, 0.717) is 17.4 Å². The molecular formula is C26H32N6O2. The Morgan fingerprint density at radius 3 is 2.59 bits per heavy atom. The largest absolute Gasteiger partial charge is 0.461 e. The van der Waals surface area contributed by atoms with E-state index < -0.39 is 0 Å². The minimum atomic E-state index is -0.165. The molecule has 0 bridgehead atoms. The monoisotopic (exact) mass is 460 g/mol. The first kappa shape index (κ1) is 22.5. The normalized spacial score (nSPS) is 17.6. The fourth-order valence-electron chi connectivity index (χ4n) is 4.81. The smallest absolute Gasteiger partial charge is 0.299 e. The highest BCUT2D eigenvalue weighted by atomic mass is 16.5. The fourth-order valence-corrected chi connectivity index (χ4v) is 4.81. The maximum atomic E-state index is 12.5. The molecule has 0 unspecified atom stereocenters. The summed E-state index contributed by atoms with van der Waals surface area (Å²) in [5.41, 5.74) is 3.62. The predicted octanol–water partition coefficient (Wildman–Crippen LogP) is 3.27. The average molecular weight is 461 g/mol. The van der Waals surface area contributed by atoms with E-state index in [9.17, 15) is 4.79 Å². The molecule has 0 N–H and O–H groups in total. The number of rotatable bonds is 6. The summed E-state index contributed by atoms with van der Waals surface area (Å²) < 4.78 is 7.67. The molecular weight excluding hydrogens is 428 g/mol. The SMILES string of the molecule is Cn1c(OC2CCN(c3cccc(CN4CCCCC4)c3)CC2)nc(-c2ccncn2)cc1=O. The van der Waals surface area contributed by atoms with Crippen molar-refractivity contribution in [3.8, 4) is 17.4 Å². The average Bonchev–Trinajstić information content (AvgIpc) is 2.88. The molecule has 0 amide bonds. The molecule has 2 fully saturated rings. The highest BCUT2D eigenvalue weighted by molar-refractivity contribution is 5.53. The van der Waals surface area contributed by atoms with Gasteiger partial charge in [-0.05, 0) is 49.7 Å². The van der Waals surface area contributed by atoms with Crippen molar-refractivity contribution in [1.29, 1.82) is 0 Å². The third kappa shape index (κ3) is 5.28. The molecule has 0 radical (unpaired) electrons.